The molecular weight excluding hydrogens is 374 g/mol. The van der Waals surface area contributed by atoms with E-state index >= 15 is 0 Å². The van der Waals surface area contributed by atoms with Gasteiger partial charge in [-0.25, -0.2) is 8.42 Å². The Hall–Kier alpha value is -1.34. The maximum absolute atomic E-state index is 13.6. The Morgan fingerprint density at radius 2 is 1.46 bits per heavy atom. The molecular formula is C21H35N3O3S. The normalized spacial score (nSPS) is 19.8. The molecule has 0 bridgehead atoms. The molecule has 0 atom stereocenters. The van der Waals surface area contributed by atoms with Crippen LogP contribution in [-0.2, 0) is 17.1 Å². The van der Waals surface area contributed by atoms with Gasteiger partial charge in [0.25, 0.3) is 5.91 Å². The van der Waals surface area contributed by atoms with Crippen LogP contribution in [0.2, 0.25) is 0 Å². The van der Waals surface area contributed by atoms with Crippen LogP contribution in [0.3, 0.4) is 0 Å². The second-order valence-corrected chi connectivity index (χ2v) is 10.4. The minimum atomic E-state index is -3.73. The van der Waals surface area contributed by atoms with Gasteiger partial charge >= 0.3 is 0 Å². The Labute approximate surface area is 169 Å². The lowest BCUT2D eigenvalue weighted by Crippen LogP contribution is -2.40. The SMILES string of the molecule is Cc1c(C(=O)N2CCCCCC2)c(S(=O)(=O)N(C)C2CCCCC2)c(C)n1C. The first-order valence-electron chi connectivity index (χ1n) is 10.7. The zero-order valence-corrected chi connectivity index (χ0v) is 18.6. The van der Waals surface area contributed by atoms with Crippen molar-refractivity contribution in [2.24, 2.45) is 7.05 Å². The molecule has 6 nitrogen and oxygen atoms in total. The van der Waals surface area contributed by atoms with Gasteiger partial charge in [-0.2, -0.15) is 4.31 Å². The van der Waals surface area contributed by atoms with E-state index in [0.717, 1.165) is 57.1 Å². The summed E-state index contributed by atoms with van der Waals surface area (Å²) in [6.45, 7) is 5.10. The Balaban J connectivity index is 2.02. The molecule has 2 aliphatic rings. The van der Waals surface area contributed by atoms with Gasteiger partial charge in [0, 0.05) is 44.6 Å². The van der Waals surface area contributed by atoms with E-state index in [1.54, 1.807) is 7.05 Å². The van der Waals surface area contributed by atoms with Gasteiger partial charge in [-0.1, -0.05) is 32.1 Å². The fraction of sp³-hybridized carbons (Fsp3) is 0.762. The lowest BCUT2D eigenvalue weighted by molar-refractivity contribution is 0.0757. The lowest BCUT2D eigenvalue weighted by Gasteiger charge is -2.31. The number of amides is 1. The predicted molar refractivity (Wildman–Crippen MR) is 111 cm³/mol. The Morgan fingerprint density at radius 3 is 2.04 bits per heavy atom. The number of aromatic nitrogens is 1. The molecule has 1 saturated carbocycles. The quantitative estimate of drug-likeness (QED) is 0.763. The van der Waals surface area contributed by atoms with Crippen molar-refractivity contribution in [3.63, 3.8) is 0 Å². The largest absolute Gasteiger partial charge is 0.350 e. The van der Waals surface area contributed by atoms with Crippen LogP contribution in [0.4, 0.5) is 0 Å². The monoisotopic (exact) mass is 409 g/mol. The highest BCUT2D eigenvalue weighted by atomic mass is 32.2. The minimum absolute atomic E-state index is 0.0276. The van der Waals surface area contributed by atoms with Crippen LogP contribution in [0, 0.1) is 13.8 Å². The van der Waals surface area contributed by atoms with Gasteiger partial charge in [-0.3, -0.25) is 4.79 Å². The van der Waals surface area contributed by atoms with Crippen molar-refractivity contribution in [1.29, 1.82) is 0 Å². The molecule has 0 aromatic carbocycles. The van der Waals surface area contributed by atoms with Crippen molar-refractivity contribution >= 4 is 15.9 Å². The fourth-order valence-electron chi connectivity index (χ4n) is 4.70. The molecule has 0 N–H and O–H groups in total. The predicted octanol–water partition coefficient (Wildman–Crippen LogP) is 3.61. The molecule has 2 heterocycles. The minimum Gasteiger partial charge on any atom is -0.350 e. The van der Waals surface area contributed by atoms with Crippen LogP contribution in [0.5, 0.6) is 0 Å². The van der Waals surface area contributed by atoms with E-state index < -0.39 is 10.0 Å². The van der Waals surface area contributed by atoms with Gasteiger partial charge in [-0.15, -0.1) is 0 Å². The molecule has 1 amide bonds. The van der Waals surface area contributed by atoms with E-state index in [1.807, 2.05) is 30.4 Å². The summed E-state index contributed by atoms with van der Waals surface area (Å²) >= 11 is 0. The van der Waals surface area contributed by atoms with Crippen molar-refractivity contribution in [3.8, 4) is 0 Å². The van der Waals surface area contributed by atoms with E-state index in [1.165, 1.54) is 10.7 Å². The molecule has 1 aliphatic heterocycles. The highest BCUT2D eigenvalue weighted by Crippen LogP contribution is 2.33. The van der Waals surface area contributed by atoms with E-state index in [0.29, 0.717) is 24.3 Å². The molecule has 0 spiro atoms. The number of rotatable bonds is 4. The molecule has 2 fully saturated rings. The highest BCUT2D eigenvalue weighted by Gasteiger charge is 2.37. The number of likely N-dealkylation sites (tertiary alicyclic amines) is 1. The van der Waals surface area contributed by atoms with Gasteiger partial charge in [0.15, 0.2) is 0 Å². The van der Waals surface area contributed by atoms with Gasteiger partial charge in [-0.05, 0) is 39.5 Å². The standard InChI is InChI=1S/C21H35N3O3S/c1-16-19(21(25)24-14-10-5-6-11-15-24)20(17(2)22(16)3)28(26,27)23(4)18-12-8-7-9-13-18/h18H,5-15H2,1-4H3. The summed E-state index contributed by atoms with van der Waals surface area (Å²) in [5.41, 5.74) is 1.77. The van der Waals surface area contributed by atoms with Crippen molar-refractivity contribution in [1.82, 2.24) is 13.8 Å². The fourth-order valence-corrected chi connectivity index (χ4v) is 6.60. The van der Waals surface area contributed by atoms with Crippen LogP contribution >= 0.6 is 0 Å². The molecule has 1 aromatic rings. The second-order valence-electron chi connectivity index (χ2n) is 8.45. The maximum atomic E-state index is 13.6. The van der Waals surface area contributed by atoms with Crippen LogP contribution in [0.15, 0.2) is 4.90 Å². The summed E-state index contributed by atoms with van der Waals surface area (Å²) in [5.74, 6) is -0.126. The first-order valence-corrected chi connectivity index (χ1v) is 12.1. The van der Waals surface area contributed by atoms with Gasteiger partial charge in [0.1, 0.15) is 4.90 Å². The van der Waals surface area contributed by atoms with Crippen LogP contribution in [-0.4, -0.2) is 54.3 Å². The Bertz CT molecular complexity index is 814. The number of hydrogen-bond donors (Lipinski definition) is 0. The third-order valence-corrected chi connectivity index (χ3v) is 8.83. The Kier molecular flexibility index (Phi) is 6.54. The Morgan fingerprint density at radius 1 is 0.929 bits per heavy atom. The van der Waals surface area contributed by atoms with E-state index in [9.17, 15) is 13.2 Å². The van der Waals surface area contributed by atoms with Crippen molar-refractivity contribution < 1.29 is 13.2 Å². The van der Waals surface area contributed by atoms with E-state index in [2.05, 4.69) is 0 Å². The molecule has 158 valence electrons. The average molecular weight is 410 g/mol. The van der Waals surface area contributed by atoms with Crippen molar-refractivity contribution in [2.75, 3.05) is 20.1 Å². The zero-order valence-electron chi connectivity index (χ0n) is 17.8. The molecule has 0 radical (unpaired) electrons. The van der Waals surface area contributed by atoms with E-state index in [-0.39, 0.29) is 16.8 Å². The molecule has 0 unspecified atom stereocenters. The highest BCUT2D eigenvalue weighted by molar-refractivity contribution is 7.89. The number of sulfonamides is 1. The summed E-state index contributed by atoms with van der Waals surface area (Å²) < 4.78 is 30.7. The summed E-state index contributed by atoms with van der Waals surface area (Å²) in [6, 6.07) is 0.0276. The molecule has 1 saturated heterocycles. The molecule has 1 aromatic heterocycles. The van der Waals surface area contributed by atoms with E-state index in [4.69, 9.17) is 0 Å². The number of hydrogen-bond acceptors (Lipinski definition) is 3. The smallest absolute Gasteiger partial charge is 0.257 e. The number of carbonyl (C=O) groups excluding carboxylic acids is 1. The first kappa shape index (κ1) is 21.4. The maximum Gasteiger partial charge on any atom is 0.257 e. The van der Waals surface area contributed by atoms with Crippen LogP contribution in [0.1, 0.15) is 79.5 Å². The first-order chi connectivity index (χ1) is 13.3. The second kappa shape index (κ2) is 8.57. The average Bonchev–Trinajstić information content (AvgIpc) is 2.90. The molecule has 7 heteroatoms. The van der Waals surface area contributed by atoms with Crippen LogP contribution in [0.25, 0.3) is 0 Å². The summed E-state index contributed by atoms with van der Waals surface area (Å²) in [6.07, 6.45) is 9.34. The van der Waals surface area contributed by atoms with Crippen molar-refractivity contribution in [2.45, 2.75) is 82.6 Å². The molecule has 28 heavy (non-hydrogen) atoms. The lowest BCUT2D eigenvalue weighted by atomic mass is 9.96. The van der Waals surface area contributed by atoms with Gasteiger partial charge < -0.3 is 9.47 Å². The molecule has 3 rings (SSSR count). The topological polar surface area (TPSA) is 62.6 Å². The third-order valence-electron chi connectivity index (χ3n) is 6.76. The number of nitrogens with zero attached hydrogens (tertiary/aromatic N) is 3. The van der Waals surface area contributed by atoms with Gasteiger partial charge in [0.05, 0.1) is 5.56 Å². The number of carbonyl (C=O) groups is 1. The summed E-state index contributed by atoms with van der Waals surface area (Å²) in [5, 5.41) is 0. The zero-order chi connectivity index (χ0) is 20.5. The third kappa shape index (κ3) is 3.88. The summed E-state index contributed by atoms with van der Waals surface area (Å²) in [7, 11) is -0.191. The van der Waals surface area contributed by atoms with Crippen LogP contribution < -0.4 is 0 Å². The summed E-state index contributed by atoms with van der Waals surface area (Å²) in [4.78, 5) is 15.5. The van der Waals surface area contributed by atoms with Gasteiger partial charge in [0.2, 0.25) is 10.0 Å². The van der Waals surface area contributed by atoms with Crippen molar-refractivity contribution in [3.05, 3.63) is 17.0 Å². The molecule has 1 aliphatic carbocycles.